The van der Waals surface area contributed by atoms with Gasteiger partial charge in [-0.15, -0.1) is 0 Å². The van der Waals surface area contributed by atoms with Crippen molar-refractivity contribution < 1.29 is 23.5 Å². The highest BCUT2D eigenvalue weighted by Crippen LogP contribution is 2.28. The van der Waals surface area contributed by atoms with Crippen LogP contribution in [0.25, 0.3) is 0 Å². The Morgan fingerprint density at radius 3 is 2.37 bits per heavy atom. The zero-order valence-electron chi connectivity index (χ0n) is 10.6. The summed E-state index contributed by atoms with van der Waals surface area (Å²) in [5.74, 6) is -2.93. The van der Waals surface area contributed by atoms with E-state index in [2.05, 4.69) is 10.5 Å². The Labute approximate surface area is 109 Å². The summed E-state index contributed by atoms with van der Waals surface area (Å²) >= 11 is 0. The van der Waals surface area contributed by atoms with Crippen molar-refractivity contribution in [1.82, 2.24) is 5.32 Å². The first-order valence-electron chi connectivity index (χ1n) is 6.26. The van der Waals surface area contributed by atoms with Gasteiger partial charge in [-0.3, -0.25) is 0 Å². The standard InChI is InChI=1S/C11H20F3N3O2/c12-11(13,14)8(9(15)17-19)6-16-7-10(18)4-2-1-3-5-10/h8,16,18-19H,1-7H2,(H2,15,17). The molecule has 1 aliphatic rings. The van der Waals surface area contributed by atoms with Crippen molar-refractivity contribution in [3.05, 3.63) is 0 Å². The molecule has 0 saturated heterocycles. The summed E-state index contributed by atoms with van der Waals surface area (Å²) in [6.07, 6.45) is -0.626. The first-order chi connectivity index (χ1) is 8.78. The number of aliphatic hydroxyl groups is 1. The summed E-state index contributed by atoms with van der Waals surface area (Å²) in [5.41, 5.74) is 4.09. The van der Waals surface area contributed by atoms with Crippen LogP contribution in [0.5, 0.6) is 0 Å². The Kier molecular flexibility index (Phi) is 5.42. The van der Waals surface area contributed by atoms with Crippen LogP contribution in [0.2, 0.25) is 0 Å². The topological polar surface area (TPSA) is 90.9 Å². The quantitative estimate of drug-likeness (QED) is 0.264. The van der Waals surface area contributed by atoms with Gasteiger partial charge in [-0.05, 0) is 12.8 Å². The summed E-state index contributed by atoms with van der Waals surface area (Å²) in [5, 5.41) is 23.5. The minimum absolute atomic E-state index is 0.0816. The summed E-state index contributed by atoms with van der Waals surface area (Å²) in [6, 6.07) is 0. The lowest BCUT2D eigenvalue weighted by Gasteiger charge is -2.33. The molecule has 1 saturated carbocycles. The molecule has 0 radical (unpaired) electrons. The molecule has 0 aromatic rings. The van der Waals surface area contributed by atoms with Gasteiger partial charge in [-0.25, -0.2) is 0 Å². The number of nitrogens with one attached hydrogen (secondary N) is 1. The largest absolute Gasteiger partial charge is 0.409 e. The molecular formula is C11H20F3N3O2. The SMILES string of the molecule is NC(=NO)C(CNCC1(O)CCCCC1)C(F)(F)F. The molecule has 1 atom stereocenters. The van der Waals surface area contributed by atoms with E-state index in [9.17, 15) is 18.3 Å². The molecule has 112 valence electrons. The van der Waals surface area contributed by atoms with Gasteiger partial charge >= 0.3 is 6.18 Å². The zero-order valence-corrected chi connectivity index (χ0v) is 10.6. The van der Waals surface area contributed by atoms with Crippen LogP contribution in [0.15, 0.2) is 5.16 Å². The van der Waals surface area contributed by atoms with Crippen molar-refractivity contribution in [2.75, 3.05) is 13.1 Å². The van der Waals surface area contributed by atoms with E-state index in [1.165, 1.54) is 0 Å². The van der Waals surface area contributed by atoms with Crippen molar-refractivity contribution in [3.63, 3.8) is 0 Å². The Morgan fingerprint density at radius 2 is 1.89 bits per heavy atom. The highest BCUT2D eigenvalue weighted by atomic mass is 19.4. The third-order valence-electron chi connectivity index (χ3n) is 3.45. The van der Waals surface area contributed by atoms with E-state index >= 15 is 0 Å². The highest BCUT2D eigenvalue weighted by molar-refractivity contribution is 5.83. The van der Waals surface area contributed by atoms with Gasteiger partial charge in [-0.1, -0.05) is 24.4 Å². The summed E-state index contributed by atoms with van der Waals surface area (Å²) in [7, 11) is 0. The van der Waals surface area contributed by atoms with Crippen LogP contribution in [-0.4, -0.2) is 41.0 Å². The lowest BCUT2D eigenvalue weighted by molar-refractivity contribution is -0.155. The molecule has 19 heavy (non-hydrogen) atoms. The average molecular weight is 283 g/mol. The summed E-state index contributed by atoms with van der Waals surface area (Å²) in [6.45, 7) is -0.431. The second-order valence-electron chi connectivity index (χ2n) is 5.03. The van der Waals surface area contributed by atoms with Crippen molar-refractivity contribution >= 4 is 5.84 Å². The Balaban J connectivity index is 2.48. The average Bonchev–Trinajstić information content (AvgIpc) is 2.33. The van der Waals surface area contributed by atoms with Gasteiger partial charge in [0.1, 0.15) is 5.92 Å². The van der Waals surface area contributed by atoms with Gasteiger partial charge in [0.15, 0.2) is 5.84 Å². The fourth-order valence-corrected chi connectivity index (χ4v) is 2.29. The van der Waals surface area contributed by atoms with Gasteiger partial charge in [0.25, 0.3) is 0 Å². The van der Waals surface area contributed by atoms with E-state index in [4.69, 9.17) is 10.9 Å². The number of nitrogens with zero attached hydrogens (tertiary/aromatic N) is 1. The number of oxime groups is 1. The van der Waals surface area contributed by atoms with E-state index in [1.807, 2.05) is 0 Å². The fourth-order valence-electron chi connectivity index (χ4n) is 2.29. The lowest BCUT2D eigenvalue weighted by atomic mass is 9.85. The van der Waals surface area contributed by atoms with Crippen LogP contribution in [-0.2, 0) is 0 Å². The number of nitrogens with two attached hydrogens (primary N) is 1. The van der Waals surface area contributed by atoms with Gasteiger partial charge < -0.3 is 21.4 Å². The number of amidine groups is 1. The van der Waals surface area contributed by atoms with E-state index < -0.39 is 30.1 Å². The van der Waals surface area contributed by atoms with Crippen molar-refractivity contribution in [2.24, 2.45) is 16.8 Å². The first kappa shape index (κ1) is 16.0. The molecule has 0 amide bonds. The molecule has 1 unspecified atom stereocenters. The molecular weight excluding hydrogens is 263 g/mol. The molecule has 5 nitrogen and oxygen atoms in total. The maximum atomic E-state index is 12.6. The maximum Gasteiger partial charge on any atom is 0.400 e. The van der Waals surface area contributed by atoms with Crippen molar-refractivity contribution in [3.8, 4) is 0 Å². The Hall–Kier alpha value is -1.02. The van der Waals surface area contributed by atoms with E-state index in [1.54, 1.807) is 0 Å². The third kappa shape index (κ3) is 4.87. The van der Waals surface area contributed by atoms with Crippen molar-refractivity contribution in [1.29, 1.82) is 0 Å². The molecule has 0 aromatic carbocycles. The first-order valence-corrected chi connectivity index (χ1v) is 6.26. The molecule has 0 aromatic heterocycles. The Morgan fingerprint density at radius 1 is 1.32 bits per heavy atom. The molecule has 1 rings (SSSR count). The lowest BCUT2D eigenvalue weighted by Crippen LogP contribution is -2.48. The van der Waals surface area contributed by atoms with Crippen LogP contribution in [0.4, 0.5) is 13.2 Å². The van der Waals surface area contributed by atoms with Gasteiger partial charge in [0.05, 0.1) is 5.60 Å². The van der Waals surface area contributed by atoms with Gasteiger partial charge in [0, 0.05) is 13.1 Å². The fraction of sp³-hybridized carbons (Fsp3) is 0.909. The molecule has 8 heteroatoms. The molecule has 1 fully saturated rings. The van der Waals surface area contributed by atoms with E-state index in [-0.39, 0.29) is 6.54 Å². The minimum Gasteiger partial charge on any atom is -0.409 e. The van der Waals surface area contributed by atoms with Crippen LogP contribution in [0.3, 0.4) is 0 Å². The number of alkyl halides is 3. The van der Waals surface area contributed by atoms with Gasteiger partial charge in [-0.2, -0.15) is 13.2 Å². The van der Waals surface area contributed by atoms with Crippen LogP contribution >= 0.6 is 0 Å². The van der Waals surface area contributed by atoms with E-state index in [0.717, 1.165) is 19.3 Å². The van der Waals surface area contributed by atoms with Crippen LogP contribution in [0, 0.1) is 5.92 Å². The number of hydrogen-bond donors (Lipinski definition) is 4. The molecule has 5 N–H and O–H groups in total. The smallest absolute Gasteiger partial charge is 0.400 e. The monoisotopic (exact) mass is 283 g/mol. The zero-order chi connectivity index (χ0) is 14.5. The molecule has 0 aliphatic heterocycles. The molecule has 0 bridgehead atoms. The second kappa shape index (κ2) is 6.42. The van der Waals surface area contributed by atoms with Crippen LogP contribution < -0.4 is 11.1 Å². The maximum absolute atomic E-state index is 12.6. The number of hydrogen-bond acceptors (Lipinski definition) is 4. The van der Waals surface area contributed by atoms with Gasteiger partial charge in [0.2, 0.25) is 0 Å². The predicted octanol–water partition coefficient (Wildman–Crippen LogP) is 1.20. The summed E-state index contributed by atoms with van der Waals surface area (Å²) < 4.78 is 37.9. The third-order valence-corrected chi connectivity index (χ3v) is 3.45. The molecule has 0 spiro atoms. The minimum atomic E-state index is -4.58. The predicted molar refractivity (Wildman–Crippen MR) is 63.9 cm³/mol. The van der Waals surface area contributed by atoms with Crippen molar-refractivity contribution in [2.45, 2.75) is 43.9 Å². The molecule has 1 aliphatic carbocycles. The van der Waals surface area contributed by atoms with Crippen LogP contribution in [0.1, 0.15) is 32.1 Å². The summed E-state index contributed by atoms with van der Waals surface area (Å²) in [4.78, 5) is 0. The second-order valence-corrected chi connectivity index (χ2v) is 5.03. The number of rotatable bonds is 5. The number of halogens is 3. The Bertz CT molecular complexity index is 315. The van der Waals surface area contributed by atoms with E-state index in [0.29, 0.717) is 12.8 Å². The normalized spacial score (nSPS) is 22.2. The highest BCUT2D eigenvalue weighted by Gasteiger charge is 2.43. The molecule has 0 heterocycles.